The summed E-state index contributed by atoms with van der Waals surface area (Å²) in [5.74, 6) is 1.09. The number of methoxy groups -OCH3 is 1. The smallest absolute Gasteiger partial charge is 0.124 e. The molecule has 2 aromatic rings. The standard InChI is InChI=1S/C14H21N3O/c1-11(2)17-13-7-5-4-6-12(13)16-14(17)10-15-8-9-18-3/h4-7,11,15H,8-10H2,1-3H3. The summed E-state index contributed by atoms with van der Waals surface area (Å²) in [6.07, 6.45) is 0. The van der Waals surface area contributed by atoms with Crippen molar-refractivity contribution < 1.29 is 4.74 Å². The minimum Gasteiger partial charge on any atom is -0.383 e. The molecule has 4 heteroatoms. The van der Waals surface area contributed by atoms with Crippen LogP contribution in [-0.4, -0.2) is 29.8 Å². The lowest BCUT2D eigenvalue weighted by Gasteiger charge is -2.13. The maximum absolute atomic E-state index is 5.03. The number of rotatable bonds is 6. The summed E-state index contributed by atoms with van der Waals surface area (Å²) in [4.78, 5) is 4.69. The average Bonchev–Trinajstić information content (AvgIpc) is 2.73. The number of nitrogens with one attached hydrogen (secondary N) is 1. The number of hydrogen-bond donors (Lipinski definition) is 1. The average molecular weight is 247 g/mol. The fraction of sp³-hybridized carbons (Fsp3) is 0.500. The van der Waals surface area contributed by atoms with Gasteiger partial charge < -0.3 is 14.6 Å². The molecule has 1 heterocycles. The zero-order valence-corrected chi connectivity index (χ0v) is 11.3. The van der Waals surface area contributed by atoms with Gasteiger partial charge in [-0.1, -0.05) is 12.1 Å². The largest absolute Gasteiger partial charge is 0.383 e. The van der Waals surface area contributed by atoms with Crippen LogP contribution in [0.2, 0.25) is 0 Å². The number of aromatic nitrogens is 2. The summed E-state index contributed by atoms with van der Waals surface area (Å²) in [6, 6.07) is 8.69. The lowest BCUT2D eigenvalue weighted by atomic mass is 10.3. The second kappa shape index (κ2) is 5.98. The Morgan fingerprint density at radius 2 is 2.11 bits per heavy atom. The molecule has 1 aromatic heterocycles. The molecule has 0 spiro atoms. The van der Waals surface area contributed by atoms with Gasteiger partial charge in [-0.15, -0.1) is 0 Å². The van der Waals surface area contributed by atoms with Gasteiger partial charge in [0.25, 0.3) is 0 Å². The Morgan fingerprint density at radius 1 is 1.33 bits per heavy atom. The van der Waals surface area contributed by atoms with E-state index < -0.39 is 0 Å². The van der Waals surface area contributed by atoms with Gasteiger partial charge in [0, 0.05) is 19.7 Å². The van der Waals surface area contributed by atoms with E-state index in [0.29, 0.717) is 6.04 Å². The van der Waals surface area contributed by atoms with Crippen LogP contribution in [0, 0.1) is 0 Å². The predicted molar refractivity (Wildman–Crippen MR) is 73.7 cm³/mol. The van der Waals surface area contributed by atoms with Gasteiger partial charge in [0.15, 0.2) is 0 Å². The number of imidazole rings is 1. The van der Waals surface area contributed by atoms with Crippen molar-refractivity contribution in [1.82, 2.24) is 14.9 Å². The van der Waals surface area contributed by atoms with Crippen LogP contribution in [-0.2, 0) is 11.3 Å². The van der Waals surface area contributed by atoms with E-state index in [9.17, 15) is 0 Å². The van der Waals surface area contributed by atoms with Gasteiger partial charge in [0.2, 0.25) is 0 Å². The third kappa shape index (κ3) is 2.71. The lowest BCUT2D eigenvalue weighted by molar-refractivity contribution is 0.198. The molecule has 0 saturated carbocycles. The van der Waals surface area contributed by atoms with Crippen molar-refractivity contribution in [2.75, 3.05) is 20.3 Å². The highest BCUT2D eigenvalue weighted by molar-refractivity contribution is 5.76. The molecule has 0 fully saturated rings. The van der Waals surface area contributed by atoms with Gasteiger partial charge in [0.05, 0.1) is 24.2 Å². The molecule has 18 heavy (non-hydrogen) atoms. The van der Waals surface area contributed by atoms with Gasteiger partial charge in [-0.25, -0.2) is 4.98 Å². The molecule has 0 aliphatic carbocycles. The van der Waals surface area contributed by atoms with E-state index in [1.807, 2.05) is 6.07 Å². The van der Waals surface area contributed by atoms with E-state index in [-0.39, 0.29) is 0 Å². The first-order chi connectivity index (χ1) is 8.74. The molecular formula is C14H21N3O. The second-order valence-electron chi connectivity index (χ2n) is 4.65. The molecule has 0 unspecified atom stereocenters. The van der Waals surface area contributed by atoms with Crippen molar-refractivity contribution >= 4 is 11.0 Å². The molecule has 0 bridgehead atoms. The molecule has 0 radical (unpaired) electrons. The Bertz CT molecular complexity index is 505. The number of ether oxygens (including phenoxy) is 1. The Morgan fingerprint density at radius 3 is 2.83 bits per heavy atom. The maximum atomic E-state index is 5.03. The molecule has 0 atom stereocenters. The number of hydrogen-bond acceptors (Lipinski definition) is 3. The number of fused-ring (bicyclic) bond motifs is 1. The van der Waals surface area contributed by atoms with Crippen molar-refractivity contribution in [2.45, 2.75) is 26.4 Å². The van der Waals surface area contributed by atoms with E-state index in [0.717, 1.165) is 31.0 Å². The molecule has 2 rings (SSSR count). The van der Waals surface area contributed by atoms with Crippen molar-refractivity contribution in [1.29, 1.82) is 0 Å². The summed E-state index contributed by atoms with van der Waals surface area (Å²) < 4.78 is 7.31. The Kier molecular flexibility index (Phi) is 4.33. The first-order valence-electron chi connectivity index (χ1n) is 6.39. The van der Waals surface area contributed by atoms with Gasteiger partial charge in [-0.3, -0.25) is 0 Å². The predicted octanol–water partition coefficient (Wildman–Crippen LogP) is 2.35. The zero-order chi connectivity index (χ0) is 13.0. The quantitative estimate of drug-likeness (QED) is 0.796. The molecule has 1 aromatic carbocycles. The van der Waals surface area contributed by atoms with Crippen molar-refractivity contribution in [2.24, 2.45) is 0 Å². The summed E-state index contributed by atoms with van der Waals surface area (Å²) in [5, 5.41) is 3.35. The molecule has 4 nitrogen and oxygen atoms in total. The monoisotopic (exact) mass is 247 g/mol. The van der Waals surface area contributed by atoms with E-state index >= 15 is 0 Å². The molecule has 0 saturated heterocycles. The van der Waals surface area contributed by atoms with Crippen LogP contribution in [0.4, 0.5) is 0 Å². The van der Waals surface area contributed by atoms with Crippen LogP contribution in [0.25, 0.3) is 11.0 Å². The van der Waals surface area contributed by atoms with Crippen LogP contribution in [0.1, 0.15) is 25.7 Å². The van der Waals surface area contributed by atoms with Crippen molar-refractivity contribution in [3.63, 3.8) is 0 Å². The van der Waals surface area contributed by atoms with Crippen LogP contribution in [0.15, 0.2) is 24.3 Å². The fourth-order valence-corrected chi connectivity index (χ4v) is 2.17. The van der Waals surface area contributed by atoms with Gasteiger partial charge in [0.1, 0.15) is 5.82 Å². The fourth-order valence-electron chi connectivity index (χ4n) is 2.17. The van der Waals surface area contributed by atoms with Crippen LogP contribution >= 0.6 is 0 Å². The van der Waals surface area contributed by atoms with Crippen molar-refractivity contribution in [3.8, 4) is 0 Å². The highest BCUT2D eigenvalue weighted by atomic mass is 16.5. The van der Waals surface area contributed by atoms with Crippen molar-refractivity contribution in [3.05, 3.63) is 30.1 Å². The van der Waals surface area contributed by atoms with E-state index in [1.54, 1.807) is 7.11 Å². The molecule has 0 amide bonds. The van der Waals surface area contributed by atoms with Crippen LogP contribution in [0.5, 0.6) is 0 Å². The van der Waals surface area contributed by atoms with E-state index in [2.05, 4.69) is 41.9 Å². The number of benzene rings is 1. The Balaban J connectivity index is 2.23. The first-order valence-corrected chi connectivity index (χ1v) is 6.39. The lowest BCUT2D eigenvalue weighted by Crippen LogP contribution is -2.21. The molecule has 0 aliphatic rings. The second-order valence-corrected chi connectivity index (χ2v) is 4.65. The third-order valence-corrected chi connectivity index (χ3v) is 2.95. The van der Waals surface area contributed by atoms with Crippen LogP contribution < -0.4 is 5.32 Å². The first kappa shape index (κ1) is 13.1. The van der Waals surface area contributed by atoms with Crippen LogP contribution in [0.3, 0.4) is 0 Å². The van der Waals surface area contributed by atoms with E-state index in [4.69, 9.17) is 9.72 Å². The van der Waals surface area contributed by atoms with E-state index in [1.165, 1.54) is 5.52 Å². The molecule has 98 valence electrons. The number of para-hydroxylation sites is 2. The molecule has 0 aliphatic heterocycles. The summed E-state index contributed by atoms with van der Waals surface area (Å²) >= 11 is 0. The third-order valence-electron chi connectivity index (χ3n) is 2.95. The SMILES string of the molecule is COCCNCc1nc2ccccc2n1C(C)C. The normalized spacial score (nSPS) is 11.6. The molecular weight excluding hydrogens is 226 g/mol. The minimum absolute atomic E-state index is 0.414. The summed E-state index contributed by atoms with van der Waals surface area (Å²) in [7, 11) is 1.71. The zero-order valence-electron chi connectivity index (χ0n) is 11.3. The summed E-state index contributed by atoms with van der Waals surface area (Å²) in [5.41, 5.74) is 2.27. The molecule has 1 N–H and O–H groups in total. The topological polar surface area (TPSA) is 39.1 Å². The minimum atomic E-state index is 0.414. The highest BCUT2D eigenvalue weighted by Crippen LogP contribution is 2.20. The van der Waals surface area contributed by atoms with Gasteiger partial charge in [-0.05, 0) is 26.0 Å². The summed E-state index contributed by atoms with van der Waals surface area (Å²) in [6.45, 7) is 6.72. The Labute approximate surface area is 108 Å². The highest BCUT2D eigenvalue weighted by Gasteiger charge is 2.11. The Hall–Kier alpha value is -1.39. The number of nitrogens with zero attached hydrogens (tertiary/aromatic N) is 2. The van der Waals surface area contributed by atoms with Gasteiger partial charge in [-0.2, -0.15) is 0 Å². The maximum Gasteiger partial charge on any atom is 0.124 e. The van der Waals surface area contributed by atoms with Gasteiger partial charge >= 0.3 is 0 Å².